The second-order valence-electron chi connectivity index (χ2n) is 2.81. The van der Waals surface area contributed by atoms with Gasteiger partial charge in [0.05, 0.1) is 0 Å². The lowest BCUT2D eigenvalue weighted by Crippen LogP contribution is -2.10. The van der Waals surface area contributed by atoms with Gasteiger partial charge in [-0.15, -0.1) is 5.10 Å². The Hall–Kier alpha value is -1.58. The number of hydrogen-bond acceptors (Lipinski definition) is 3. The summed E-state index contributed by atoms with van der Waals surface area (Å²) < 4.78 is 1.76. The van der Waals surface area contributed by atoms with Crippen molar-refractivity contribution in [1.82, 2.24) is 14.6 Å². The lowest BCUT2D eigenvalue weighted by molar-refractivity contribution is 0.927. The van der Waals surface area contributed by atoms with E-state index < -0.39 is 0 Å². The molecule has 0 atom stereocenters. The van der Waals surface area contributed by atoms with E-state index in [-0.39, 0.29) is 0 Å². The Morgan fingerprint density at radius 2 is 2.17 bits per heavy atom. The van der Waals surface area contributed by atoms with Gasteiger partial charge in [-0.2, -0.15) is 4.98 Å². The minimum Gasteiger partial charge on any atom is -0.346 e. The molecule has 0 amide bonds. The van der Waals surface area contributed by atoms with Crippen LogP contribution in [0.2, 0.25) is 0 Å². The molecule has 0 bridgehead atoms. The van der Waals surface area contributed by atoms with Crippen molar-refractivity contribution in [2.75, 3.05) is 19.0 Å². The number of pyridine rings is 1. The highest BCUT2D eigenvalue weighted by molar-refractivity contribution is 5.43. The maximum atomic E-state index is 4.29. The van der Waals surface area contributed by atoms with Gasteiger partial charge in [0.25, 0.3) is 0 Å². The fourth-order valence-corrected chi connectivity index (χ4v) is 1.01. The van der Waals surface area contributed by atoms with Crippen LogP contribution in [0.15, 0.2) is 24.4 Å². The highest BCUT2D eigenvalue weighted by Crippen LogP contribution is 2.05. The third kappa shape index (κ3) is 1.01. The third-order valence-electron chi connectivity index (χ3n) is 1.63. The molecule has 2 rings (SSSR count). The number of rotatable bonds is 1. The molecule has 62 valence electrons. The van der Waals surface area contributed by atoms with Crippen molar-refractivity contribution >= 4 is 11.6 Å². The van der Waals surface area contributed by atoms with Crippen LogP contribution in [-0.2, 0) is 0 Å². The molecule has 2 aromatic rings. The Morgan fingerprint density at radius 1 is 1.33 bits per heavy atom. The highest BCUT2D eigenvalue weighted by atomic mass is 15.4. The summed E-state index contributed by atoms with van der Waals surface area (Å²) in [6, 6.07) is 5.81. The Morgan fingerprint density at radius 3 is 2.83 bits per heavy atom. The second-order valence-corrected chi connectivity index (χ2v) is 2.81. The van der Waals surface area contributed by atoms with Crippen LogP contribution in [0.25, 0.3) is 5.65 Å². The summed E-state index contributed by atoms with van der Waals surface area (Å²) in [5.74, 6) is 0.737. The number of anilines is 1. The maximum Gasteiger partial charge on any atom is 0.245 e. The largest absolute Gasteiger partial charge is 0.346 e. The molecule has 0 aliphatic carbocycles. The number of aromatic nitrogens is 3. The van der Waals surface area contributed by atoms with Crippen molar-refractivity contribution in [3.8, 4) is 0 Å². The van der Waals surface area contributed by atoms with E-state index in [9.17, 15) is 0 Å². The molecule has 4 nitrogen and oxygen atoms in total. The zero-order chi connectivity index (χ0) is 8.55. The van der Waals surface area contributed by atoms with E-state index in [2.05, 4.69) is 10.1 Å². The zero-order valence-corrected chi connectivity index (χ0v) is 7.10. The van der Waals surface area contributed by atoms with E-state index in [0.717, 1.165) is 11.6 Å². The summed E-state index contributed by atoms with van der Waals surface area (Å²) >= 11 is 0. The summed E-state index contributed by atoms with van der Waals surface area (Å²) in [5.41, 5.74) is 0.876. The molecule has 0 fully saturated rings. The molecule has 0 aliphatic heterocycles. The molecule has 4 heteroatoms. The van der Waals surface area contributed by atoms with Gasteiger partial charge in [-0.3, -0.25) is 0 Å². The molecule has 2 heterocycles. The SMILES string of the molecule is CN(C)c1nc2ccccn2n1. The molecule has 0 radical (unpaired) electrons. The van der Waals surface area contributed by atoms with Gasteiger partial charge in [-0.05, 0) is 12.1 Å². The quantitative estimate of drug-likeness (QED) is 0.621. The fourth-order valence-electron chi connectivity index (χ4n) is 1.01. The van der Waals surface area contributed by atoms with Gasteiger partial charge < -0.3 is 4.90 Å². The summed E-state index contributed by atoms with van der Waals surface area (Å²) in [4.78, 5) is 6.17. The average Bonchev–Trinajstić information content (AvgIpc) is 2.46. The summed E-state index contributed by atoms with van der Waals surface area (Å²) in [6.45, 7) is 0. The molecular weight excluding hydrogens is 152 g/mol. The summed E-state index contributed by atoms with van der Waals surface area (Å²) in [6.07, 6.45) is 1.88. The Balaban J connectivity index is 2.62. The first kappa shape index (κ1) is 7.09. The minimum absolute atomic E-state index is 0.737. The van der Waals surface area contributed by atoms with Crippen molar-refractivity contribution in [2.45, 2.75) is 0 Å². The van der Waals surface area contributed by atoms with Gasteiger partial charge in [-0.25, -0.2) is 4.52 Å². The molecule has 0 N–H and O–H groups in total. The number of fused-ring (bicyclic) bond motifs is 1. The van der Waals surface area contributed by atoms with Crippen molar-refractivity contribution in [2.24, 2.45) is 0 Å². The van der Waals surface area contributed by atoms with Gasteiger partial charge >= 0.3 is 0 Å². The minimum atomic E-state index is 0.737. The van der Waals surface area contributed by atoms with Crippen molar-refractivity contribution in [3.05, 3.63) is 24.4 Å². The van der Waals surface area contributed by atoms with Gasteiger partial charge in [0.1, 0.15) is 0 Å². The monoisotopic (exact) mass is 162 g/mol. The molecule has 0 spiro atoms. The van der Waals surface area contributed by atoms with E-state index in [1.807, 2.05) is 43.4 Å². The average molecular weight is 162 g/mol. The molecular formula is C8H10N4. The van der Waals surface area contributed by atoms with Crippen LogP contribution < -0.4 is 4.90 Å². The van der Waals surface area contributed by atoms with Gasteiger partial charge in [0, 0.05) is 20.3 Å². The van der Waals surface area contributed by atoms with Crippen LogP contribution in [0.3, 0.4) is 0 Å². The van der Waals surface area contributed by atoms with E-state index in [1.165, 1.54) is 0 Å². The maximum absolute atomic E-state index is 4.29. The standard InChI is InChI=1S/C8H10N4/c1-11(2)8-9-7-5-3-4-6-12(7)10-8/h3-6H,1-2H3. The second kappa shape index (κ2) is 2.48. The van der Waals surface area contributed by atoms with Crippen molar-refractivity contribution < 1.29 is 0 Å². The summed E-state index contributed by atoms with van der Waals surface area (Å²) in [5, 5.41) is 4.24. The topological polar surface area (TPSA) is 33.4 Å². The predicted molar refractivity (Wildman–Crippen MR) is 47.3 cm³/mol. The fraction of sp³-hybridized carbons (Fsp3) is 0.250. The van der Waals surface area contributed by atoms with Gasteiger partial charge in [0.15, 0.2) is 5.65 Å². The third-order valence-corrected chi connectivity index (χ3v) is 1.63. The molecule has 0 aliphatic rings. The molecule has 12 heavy (non-hydrogen) atoms. The Labute approximate surface area is 70.4 Å². The van der Waals surface area contributed by atoms with Crippen LogP contribution in [0, 0.1) is 0 Å². The normalized spacial score (nSPS) is 10.5. The van der Waals surface area contributed by atoms with Crippen LogP contribution in [0.1, 0.15) is 0 Å². The first-order valence-electron chi connectivity index (χ1n) is 3.76. The first-order valence-corrected chi connectivity index (χ1v) is 3.76. The van der Waals surface area contributed by atoms with Crippen LogP contribution in [-0.4, -0.2) is 28.7 Å². The van der Waals surface area contributed by atoms with Crippen molar-refractivity contribution in [1.29, 1.82) is 0 Å². The lowest BCUT2D eigenvalue weighted by atomic mass is 10.5. The van der Waals surface area contributed by atoms with E-state index in [1.54, 1.807) is 4.52 Å². The Bertz CT molecular complexity index is 358. The van der Waals surface area contributed by atoms with E-state index in [0.29, 0.717) is 0 Å². The van der Waals surface area contributed by atoms with Crippen LogP contribution in [0.5, 0.6) is 0 Å². The molecule has 0 unspecified atom stereocenters. The number of nitrogens with zero attached hydrogens (tertiary/aromatic N) is 4. The molecule has 0 saturated carbocycles. The van der Waals surface area contributed by atoms with E-state index in [4.69, 9.17) is 0 Å². The van der Waals surface area contributed by atoms with Gasteiger partial charge in [0.2, 0.25) is 5.95 Å². The molecule has 0 aromatic carbocycles. The Kier molecular flexibility index (Phi) is 1.46. The first-order chi connectivity index (χ1) is 5.77. The zero-order valence-electron chi connectivity index (χ0n) is 7.10. The van der Waals surface area contributed by atoms with Crippen LogP contribution in [0.4, 0.5) is 5.95 Å². The smallest absolute Gasteiger partial charge is 0.245 e. The molecule has 2 aromatic heterocycles. The van der Waals surface area contributed by atoms with Crippen molar-refractivity contribution in [3.63, 3.8) is 0 Å². The highest BCUT2D eigenvalue weighted by Gasteiger charge is 2.02. The predicted octanol–water partition coefficient (Wildman–Crippen LogP) is 0.795. The summed E-state index contributed by atoms with van der Waals surface area (Å²) in [7, 11) is 3.85. The van der Waals surface area contributed by atoms with Crippen LogP contribution >= 0.6 is 0 Å². The number of hydrogen-bond donors (Lipinski definition) is 0. The van der Waals surface area contributed by atoms with Gasteiger partial charge in [-0.1, -0.05) is 6.07 Å². The lowest BCUT2D eigenvalue weighted by Gasteiger charge is -2.03. The molecule has 0 saturated heterocycles. The van der Waals surface area contributed by atoms with E-state index >= 15 is 0 Å².